The molecule has 0 unspecified atom stereocenters. The molecule has 0 atom stereocenters. The predicted molar refractivity (Wildman–Crippen MR) is 99.6 cm³/mol. The van der Waals surface area contributed by atoms with Gasteiger partial charge in [-0.15, -0.1) is 11.3 Å². The van der Waals surface area contributed by atoms with Crippen LogP contribution in [0.1, 0.15) is 21.0 Å². The maximum Gasteiger partial charge on any atom is 0.254 e. The Hall–Kier alpha value is -1.95. The van der Waals surface area contributed by atoms with Gasteiger partial charge in [-0.25, -0.2) is 0 Å². The van der Waals surface area contributed by atoms with Crippen LogP contribution in [-0.2, 0) is 13.1 Å². The van der Waals surface area contributed by atoms with Gasteiger partial charge in [0.25, 0.3) is 5.91 Å². The minimum Gasteiger partial charge on any atom is -0.494 e. The fraction of sp³-hybridized carbons (Fsp3) is 0.167. The minimum atomic E-state index is -0.184. The third kappa shape index (κ3) is 4.18. The van der Waals surface area contributed by atoms with Gasteiger partial charge < -0.3 is 14.1 Å². The molecule has 130 valence electrons. The molecule has 0 aliphatic rings. The van der Waals surface area contributed by atoms with Gasteiger partial charge in [0.2, 0.25) is 0 Å². The molecular formula is C18H15Cl2NO3S. The van der Waals surface area contributed by atoms with Crippen molar-refractivity contribution in [3.63, 3.8) is 0 Å². The zero-order chi connectivity index (χ0) is 17.8. The summed E-state index contributed by atoms with van der Waals surface area (Å²) < 4.78 is 10.5. The van der Waals surface area contributed by atoms with E-state index in [4.69, 9.17) is 32.4 Å². The summed E-state index contributed by atoms with van der Waals surface area (Å²) in [6, 6.07) is 10.7. The van der Waals surface area contributed by atoms with Crippen molar-refractivity contribution in [3.8, 4) is 5.75 Å². The van der Waals surface area contributed by atoms with E-state index in [1.807, 2.05) is 23.6 Å². The van der Waals surface area contributed by atoms with Crippen molar-refractivity contribution in [1.29, 1.82) is 0 Å². The van der Waals surface area contributed by atoms with Gasteiger partial charge >= 0.3 is 0 Å². The number of carbonyl (C=O) groups is 1. The van der Waals surface area contributed by atoms with Gasteiger partial charge in [0.1, 0.15) is 5.76 Å². The molecule has 1 aromatic carbocycles. The number of hydrogen-bond donors (Lipinski definition) is 0. The van der Waals surface area contributed by atoms with Gasteiger partial charge in [-0.05, 0) is 35.7 Å². The number of halogens is 2. The molecule has 0 spiro atoms. The molecule has 0 aliphatic heterocycles. The van der Waals surface area contributed by atoms with E-state index in [0.717, 1.165) is 4.88 Å². The second kappa shape index (κ2) is 7.95. The number of nitrogens with zero attached hydrogens (tertiary/aromatic N) is 1. The first-order chi connectivity index (χ1) is 12.1. The molecule has 0 saturated carbocycles. The molecule has 2 aromatic heterocycles. The summed E-state index contributed by atoms with van der Waals surface area (Å²) in [5.74, 6) is 0.877. The van der Waals surface area contributed by atoms with E-state index in [1.54, 1.807) is 40.7 Å². The lowest BCUT2D eigenvalue weighted by Gasteiger charge is -2.22. The van der Waals surface area contributed by atoms with Crippen molar-refractivity contribution < 1.29 is 13.9 Å². The number of rotatable bonds is 6. The van der Waals surface area contributed by atoms with Gasteiger partial charge in [-0.1, -0.05) is 29.3 Å². The molecule has 25 heavy (non-hydrogen) atoms. The molecule has 7 heteroatoms. The molecular weight excluding hydrogens is 381 g/mol. The van der Waals surface area contributed by atoms with Crippen LogP contribution in [0.15, 0.2) is 52.5 Å². The molecule has 3 aromatic rings. The Morgan fingerprint density at radius 3 is 2.52 bits per heavy atom. The zero-order valence-electron chi connectivity index (χ0n) is 13.4. The summed E-state index contributed by atoms with van der Waals surface area (Å²) in [5.41, 5.74) is 0.402. The lowest BCUT2D eigenvalue weighted by atomic mass is 10.1. The lowest BCUT2D eigenvalue weighted by molar-refractivity contribution is 0.0719. The quantitative estimate of drug-likeness (QED) is 0.553. The zero-order valence-corrected chi connectivity index (χ0v) is 15.7. The van der Waals surface area contributed by atoms with Gasteiger partial charge in [0.15, 0.2) is 5.75 Å². The number of methoxy groups -OCH3 is 1. The first-order valence-corrected chi connectivity index (χ1v) is 9.09. The maximum absolute atomic E-state index is 13.0. The molecule has 0 N–H and O–H groups in total. The highest BCUT2D eigenvalue weighted by Crippen LogP contribution is 2.34. The summed E-state index contributed by atoms with van der Waals surface area (Å²) in [5, 5.41) is 2.58. The molecule has 0 fully saturated rings. The SMILES string of the molecule is COc1c(Cl)cc(C(=O)N(Cc2ccco2)Cc2cccs2)cc1Cl. The largest absolute Gasteiger partial charge is 0.494 e. The fourth-order valence-corrected chi connectivity index (χ4v) is 3.80. The normalized spacial score (nSPS) is 10.7. The van der Waals surface area contributed by atoms with Crippen molar-refractivity contribution in [2.45, 2.75) is 13.1 Å². The number of benzene rings is 1. The summed E-state index contributed by atoms with van der Waals surface area (Å²) in [6.07, 6.45) is 1.59. The Balaban J connectivity index is 1.90. The summed E-state index contributed by atoms with van der Waals surface area (Å²) in [7, 11) is 1.48. The van der Waals surface area contributed by atoms with E-state index in [1.165, 1.54) is 7.11 Å². The van der Waals surface area contributed by atoms with Crippen molar-refractivity contribution in [2.75, 3.05) is 7.11 Å². The molecule has 4 nitrogen and oxygen atoms in total. The second-order valence-corrected chi connectivity index (χ2v) is 7.14. The number of carbonyl (C=O) groups excluding carboxylic acids is 1. The Morgan fingerprint density at radius 2 is 1.96 bits per heavy atom. The molecule has 0 bridgehead atoms. The predicted octanol–water partition coefficient (Wildman–Crippen LogP) is 5.50. The number of hydrogen-bond acceptors (Lipinski definition) is 4. The fourth-order valence-electron chi connectivity index (χ4n) is 2.44. The van der Waals surface area contributed by atoms with Crippen LogP contribution in [-0.4, -0.2) is 17.9 Å². The van der Waals surface area contributed by atoms with Crippen molar-refractivity contribution in [3.05, 3.63) is 74.3 Å². The third-order valence-electron chi connectivity index (χ3n) is 3.59. The smallest absolute Gasteiger partial charge is 0.254 e. The van der Waals surface area contributed by atoms with Gasteiger partial charge in [-0.3, -0.25) is 4.79 Å². The van der Waals surface area contributed by atoms with Gasteiger partial charge in [-0.2, -0.15) is 0 Å². The molecule has 3 rings (SSSR count). The highest BCUT2D eigenvalue weighted by Gasteiger charge is 2.21. The Morgan fingerprint density at radius 1 is 1.20 bits per heavy atom. The molecule has 0 saturated heterocycles. The Bertz CT molecular complexity index is 788. The average Bonchev–Trinajstić information content (AvgIpc) is 3.27. The van der Waals surface area contributed by atoms with Crippen LogP contribution < -0.4 is 4.74 Å². The monoisotopic (exact) mass is 395 g/mol. The topological polar surface area (TPSA) is 42.7 Å². The molecule has 1 amide bonds. The van der Waals surface area contributed by atoms with Crippen LogP contribution >= 0.6 is 34.5 Å². The van der Waals surface area contributed by atoms with Crippen LogP contribution in [0.25, 0.3) is 0 Å². The number of furan rings is 1. The summed E-state index contributed by atoms with van der Waals surface area (Å²) in [6.45, 7) is 0.823. The van der Waals surface area contributed by atoms with Crippen molar-refractivity contribution >= 4 is 40.4 Å². The lowest BCUT2D eigenvalue weighted by Crippen LogP contribution is -2.29. The Labute approximate surface area is 159 Å². The first-order valence-electron chi connectivity index (χ1n) is 7.45. The van der Waals surface area contributed by atoms with E-state index in [9.17, 15) is 4.79 Å². The van der Waals surface area contributed by atoms with E-state index >= 15 is 0 Å². The second-order valence-electron chi connectivity index (χ2n) is 5.29. The highest BCUT2D eigenvalue weighted by molar-refractivity contribution is 7.09. The summed E-state index contributed by atoms with van der Waals surface area (Å²) >= 11 is 13.9. The van der Waals surface area contributed by atoms with E-state index in [0.29, 0.717) is 40.2 Å². The average molecular weight is 396 g/mol. The van der Waals surface area contributed by atoms with Crippen LogP contribution in [0, 0.1) is 0 Å². The number of thiophene rings is 1. The molecule has 2 heterocycles. The van der Waals surface area contributed by atoms with Crippen molar-refractivity contribution in [1.82, 2.24) is 4.90 Å². The third-order valence-corrected chi connectivity index (χ3v) is 5.01. The standard InChI is InChI=1S/C18H15Cl2NO3S/c1-23-17-15(19)8-12(9-16(17)20)18(22)21(10-13-4-2-6-24-13)11-14-5-3-7-25-14/h2-9H,10-11H2,1H3. The van der Waals surface area contributed by atoms with Gasteiger partial charge in [0, 0.05) is 10.4 Å². The first kappa shape index (κ1) is 17.9. The highest BCUT2D eigenvalue weighted by atomic mass is 35.5. The van der Waals surface area contributed by atoms with Crippen LogP contribution in [0.5, 0.6) is 5.75 Å². The number of amides is 1. The molecule has 0 aliphatic carbocycles. The van der Waals surface area contributed by atoms with Crippen molar-refractivity contribution in [2.24, 2.45) is 0 Å². The summed E-state index contributed by atoms with van der Waals surface area (Å²) in [4.78, 5) is 15.8. The number of ether oxygens (including phenoxy) is 1. The van der Waals surface area contributed by atoms with Gasteiger partial charge in [0.05, 0.1) is 36.5 Å². The van der Waals surface area contributed by atoms with E-state index < -0.39 is 0 Å². The van der Waals surface area contributed by atoms with E-state index in [-0.39, 0.29) is 5.91 Å². The maximum atomic E-state index is 13.0. The molecule has 0 radical (unpaired) electrons. The Kier molecular flexibility index (Phi) is 5.68. The van der Waals surface area contributed by atoms with Crippen LogP contribution in [0.3, 0.4) is 0 Å². The van der Waals surface area contributed by atoms with Crippen LogP contribution in [0.4, 0.5) is 0 Å². The van der Waals surface area contributed by atoms with Crippen LogP contribution in [0.2, 0.25) is 10.0 Å². The van der Waals surface area contributed by atoms with E-state index in [2.05, 4.69) is 0 Å². The minimum absolute atomic E-state index is 0.184.